The van der Waals surface area contributed by atoms with Crippen LogP contribution in [0.3, 0.4) is 0 Å². The van der Waals surface area contributed by atoms with Crippen LogP contribution in [0, 0.1) is 0 Å². The monoisotopic (exact) mass is 322 g/mol. The van der Waals surface area contributed by atoms with Crippen molar-refractivity contribution in [3.05, 3.63) is 65.2 Å². The molecule has 0 fully saturated rings. The molecule has 0 saturated heterocycles. The third-order valence-electron chi connectivity index (χ3n) is 4.35. The van der Waals surface area contributed by atoms with Crippen molar-refractivity contribution in [2.24, 2.45) is 0 Å². The topological polar surface area (TPSA) is 58.2 Å². The summed E-state index contributed by atoms with van der Waals surface area (Å²) in [6.07, 6.45) is 3.60. The molecular weight excluding hydrogens is 300 g/mol. The number of fused-ring (bicyclic) bond motifs is 1. The Morgan fingerprint density at radius 3 is 2.54 bits per heavy atom. The van der Waals surface area contributed by atoms with E-state index < -0.39 is 0 Å². The Morgan fingerprint density at radius 2 is 1.79 bits per heavy atom. The minimum atomic E-state index is -0.321. The van der Waals surface area contributed by atoms with Gasteiger partial charge in [0.25, 0.3) is 0 Å². The fourth-order valence-corrected chi connectivity index (χ4v) is 3.23. The third-order valence-corrected chi connectivity index (χ3v) is 4.35. The second-order valence-electron chi connectivity index (χ2n) is 6.25. The molecule has 3 rings (SSSR count). The number of rotatable bonds is 5. The number of carbonyl (C=O) groups excluding carboxylic acids is 2. The van der Waals surface area contributed by atoms with Crippen LogP contribution in [0.15, 0.2) is 48.5 Å². The van der Waals surface area contributed by atoms with Crippen LogP contribution < -0.4 is 10.6 Å². The number of benzene rings is 2. The van der Waals surface area contributed by atoms with Crippen molar-refractivity contribution in [1.82, 2.24) is 5.32 Å². The lowest BCUT2D eigenvalue weighted by atomic mass is 10.0. The van der Waals surface area contributed by atoms with Gasteiger partial charge < -0.3 is 10.6 Å². The van der Waals surface area contributed by atoms with E-state index in [0.29, 0.717) is 0 Å². The van der Waals surface area contributed by atoms with Crippen molar-refractivity contribution in [3.8, 4) is 0 Å². The van der Waals surface area contributed by atoms with Gasteiger partial charge in [0.1, 0.15) is 0 Å². The van der Waals surface area contributed by atoms with Crippen molar-refractivity contribution in [3.63, 3.8) is 0 Å². The molecule has 0 saturated carbocycles. The molecule has 2 N–H and O–H groups in total. The molecule has 0 radical (unpaired) electrons. The Balaban J connectivity index is 1.68. The van der Waals surface area contributed by atoms with Gasteiger partial charge in [0.05, 0.1) is 12.5 Å². The third kappa shape index (κ3) is 4.02. The van der Waals surface area contributed by atoms with Crippen LogP contribution in [0.2, 0.25) is 0 Å². The zero-order chi connectivity index (χ0) is 16.9. The second-order valence-corrected chi connectivity index (χ2v) is 6.25. The molecule has 4 nitrogen and oxygen atoms in total. The Hall–Kier alpha value is -2.62. The summed E-state index contributed by atoms with van der Waals surface area (Å²) in [5.74, 6) is -0.246. The van der Waals surface area contributed by atoms with Crippen LogP contribution in [0.4, 0.5) is 5.69 Å². The molecule has 24 heavy (non-hydrogen) atoms. The van der Waals surface area contributed by atoms with Gasteiger partial charge in [0.15, 0.2) is 0 Å². The first-order valence-electron chi connectivity index (χ1n) is 8.35. The Morgan fingerprint density at radius 1 is 1.04 bits per heavy atom. The van der Waals surface area contributed by atoms with E-state index in [9.17, 15) is 9.59 Å². The van der Waals surface area contributed by atoms with Crippen LogP contribution in [0.1, 0.15) is 42.5 Å². The zero-order valence-corrected chi connectivity index (χ0v) is 13.8. The highest BCUT2D eigenvalue weighted by atomic mass is 16.2. The van der Waals surface area contributed by atoms with Gasteiger partial charge in [-0.1, -0.05) is 36.4 Å². The molecule has 2 amide bonds. The fourth-order valence-electron chi connectivity index (χ4n) is 3.23. The quantitative estimate of drug-likeness (QED) is 0.886. The molecule has 1 aliphatic carbocycles. The lowest BCUT2D eigenvalue weighted by molar-refractivity contribution is -0.120. The van der Waals surface area contributed by atoms with Gasteiger partial charge in [-0.25, -0.2) is 0 Å². The van der Waals surface area contributed by atoms with E-state index in [2.05, 4.69) is 22.8 Å². The lowest BCUT2D eigenvalue weighted by Gasteiger charge is -2.18. The maximum atomic E-state index is 12.4. The van der Waals surface area contributed by atoms with Crippen molar-refractivity contribution in [2.75, 3.05) is 5.32 Å². The molecule has 0 bridgehead atoms. The predicted octanol–water partition coefficient (Wildman–Crippen LogP) is 3.38. The molecule has 0 aromatic heterocycles. The number of anilines is 1. The molecule has 0 heterocycles. The van der Waals surface area contributed by atoms with Gasteiger partial charge in [-0.05, 0) is 48.1 Å². The van der Waals surface area contributed by atoms with Crippen molar-refractivity contribution < 1.29 is 9.59 Å². The summed E-state index contributed by atoms with van der Waals surface area (Å²) in [7, 11) is 0. The van der Waals surface area contributed by atoms with Gasteiger partial charge in [-0.2, -0.15) is 0 Å². The summed E-state index contributed by atoms with van der Waals surface area (Å²) in [4.78, 5) is 23.9. The Kier molecular flexibility index (Phi) is 4.94. The van der Waals surface area contributed by atoms with E-state index in [4.69, 9.17) is 0 Å². The number of amides is 2. The van der Waals surface area contributed by atoms with Gasteiger partial charge in [-0.3, -0.25) is 9.59 Å². The van der Waals surface area contributed by atoms with E-state index in [1.54, 1.807) is 0 Å². The Labute approximate surface area is 142 Å². The first-order valence-corrected chi connectivity index (χ1v) is 8.35. The molecule has 1 aliphatic rings. The molecule has 2 aromatic carbocycles. The van der Waals surface area contributed by atoms with E-state index in [0.717, 1.165) is 24.1 Å². The zero-order valence-electron chi connectivity index (χ0n) is 13.8. The first-order chi connectivity index (χ1) is 11.6. The Bertz CT molecular complexity index is 741. The van der Waals surface area contributed by atoms with Crippen LogP contribution in [0.5, 0.6) is 0 Å². The summed E-state index contributed by atoms with van der Waals surface area (Å²) >= 11 is 0. The summed E-state index contributed by atoms with van der Waals surface area (Å²) in [5, 5.41) is 5.81. The normalized spacial score (nSPS) is 13.9. The van der Waals surface area contributed by atoms with Gasteiger partial charge >= 0.3 is 0 Å². The molecular formula is C20H22N2O2. The lowest BCUT2D eigenvalue weighted by Crippen LogP contribution is -2.29. The molecule has 1 unspecified atom stereocenters. The van der Waals surface area contributed by atoms with Crippen LogP contribution in [0.25, 0.3) is 0 Å². The number of carbonyl (C=O) groups is 2. The highest BCUT2D eigenvalue weighted by Gasteiger charge is 2.18. The fraction of sp³-hybridized carbons (Fsp3) is 0.300. The molecule has 4 heteroatoms. The maximum absolute atomic E-state index is 12.4. The average Bonchev–Trinajstić information content (AvgIpc) is 3.02. The largest absolute Gasteiger partial charge is 0.349 e. The van der Waals surface area contributed by atoms with Crippen LogP contribution in [-0.4, -0.2) is 11.8 Å². The minimum absolute atomic E-state index is 0.101. The molecule has 1 atom stereocenters. The van der Waals surface area contributed by atoms with Crippen LogP contribution >= 0.6 is 0 Å². The van der Waals surface area contributed by atoms with Crippen molar-refractivity contribution >= 4 is 17.5 Å². The minimum Gasteiger partial charge on any atom is -0.349 e. The molecule has 0 aliphatic heterocycles. The van der Waals surface area contributed by atoms with E-state index in [1.165, 1.54) is 24.5 Å². The first kappa shape index (κ1) is 16.2. The number of aryl methyl sites for hydroxylation is 2. The smallest absolute Gasteiger partial charge is 0.226 e. The maximum Gasteiger partial charge on any atom is 0.226 e. The number of hydrogen-bond donors (Lipinski definition) is 2. The van der Waals surface area contributed by atoms with E-state index >= 15 is 0 Å². The van der Waals surface area contributed by atoms with Crippen molar-refractivity contribution in [2.45, 2.75) is 38.6 Å². The second kappa shape index (κ2) is 7.30. The van der Waals surface area contributed by atoms with Gasteiger partial charge in [0, 0.05) is 12.6 Å². The molecule has 2 aromatic rings. The highest BCUT2D eigenvalue weighted by molar-refractivity contribution is 5.91. The SMILES string of the molecule is CC(=O)NC(CC(=O)Nc1ccc2c(c1)CCC2)c1ccccc1. The van der Waals surface area contributed by atoms with Crippen molar-refractivity contribution in [1.29, 1.82) is 0 Å². The summed E-state index contributed by atoms with van der Waals surface area (Å²) in [6, 6.07) is 15.4. The number of nitrogens with one attached hydrogen (secondary N) is 2. The summed E-state index contributed by atoms with van der Waals surface area (Å²) in [5.41, 5.74) is 4.47. The van der Waals surface area contributed by atoms with E-state index in [1.807, 2.05) is 36.4 Å². The summed E-state index contributed by atoms with van der Waals surface area (Å²) < 4.78 is 0. The average molecular weight is 322 g/mol. The molecule has 124 valence electrons. The van der Waals surface area contributed by atoms with Crippen LogP contribution in [-0.2, 0) is 22.4 Å². The number of hydrogen-bond acceptors (Lipinski definition) is 2. The molecule has 0 spiro atoms. The standard InChI is InChI=1S/C20H22N2O2/c1-14(23)21-19(16-6-3-2-4-7-16)13-20(24)22-18-11-10-15-8-5-9-17(15)12-18/h2-4,6-7,10-12,19H,5,8-9,13H2,1H3,(H,21,23)(H,22,24). The van der Waals surface area contributed by atoms with Gasteiger partial charge in [-0.15, -0.1) is 0 Å². The van der Waals surface area contributed by atoms with Gasteiger partial charge in [0.2, 0.25) is 11.8 Å². The van der Waals surface area contributed by atoms with E-state index in [-0.39, 0.29) is 24.3 Å². The predicted molar refractivity (Wildman–Crippen MR) is 94.7 cm³/mol. The summed E-state index contributed by atoms with van der Waals surface area (Å²) in [6.45, 7) is 1.47. The highest BCUT2D eigenvalue weighted by Crippen LogP contribution is 2.25.